The Morgan fingerprint density at radius 2 is 2.15 bits per heavy atom. The highest BCUT2D eigenvalue weighted by atomic mass is 16.2. The van der Waals surface area contributed by atoms with Gasteiger partial charge in [0.1, 0.15) is 0 Å². The second-order valence-corrected chi connectivity index (χ2v) is 7.40. The molecule has 0 bridgehead atoms. The van der Waals surface area contributed by atoms with Crippen molar-refractivity contribution in [3.63, 3.8) is 0 Å². The fraction of sp³-hybridized carbons (Fsp3) is 0.381. The van der Waals surface area contributed by atoms with Crippen LogP contribution in [0, 0.1) is 5.92 Å². The van der Waals surface area contributed by atoms with Gasteiger partial charge in [-0.2, -0.15) is 0 Å². The van der Waals surface area contributed by atoms with Crippen LogP contribution in [-0.4, -0.2) is 29.4 Å². The summed E-state index contributed by atoms with van der Waals surface area (Å²) in [6.07, 6.45) is 7.65. The fourth-order valence-corrected chi connectivity index (χ4v) is 4.10. The number of hydrogen-bond acceptors (Lipinski definition) is 4. The number of anilines is 2. The van der Waals surface area contributed by atoms with Crippen molar-refractivity contribution in [2.75, 3.05) is 16.8 Å². The number of aromatic nitrogens is 1. The first-order valence-electron chi connectivity index (χ1n) is 9.52. The minimum Gasteiger partial charge on any atom is -0.327 e. The number of carbonyl (C=O) groups excluding carboxylic acids is 2. The standard InChI is InChI=1S/C21H24N4O2/c22-18-5-1-3-14(18)12-20(26)24-17-6-7-19-15(11-17)8-10-25(19)21(27)16-4-2-9-23-13-16/h2,4,6-7,9,11,13-14,18H,1,3,5,8,10,12,22H2,(H,24,26)/t14-,18+/m0/s1. The summed E-state index contributed by atoms with van der Waals surface area (Å²) in [5.74, 6) is 0.250. The van der Waals surface area contributed by atoms with Crippen molar-refractivity contribution in [1.29, 1.82) is 0 Å². The molecule has 0 radical (unpaired) electrons. The number of rotatable bonds is 4. The van der Waals surface area contributed by atoms with Gasteiger partial charge in [-0.3, -0.25) is 14.6 Å². The summed E-state index contributed by atoms with van der Waals surface area (Å²) in [6, 6.07) is 9.42. The van der Waals surface area contributed by atoms with Crippen molar-refractivity contribution < 1.29 is 9.59 Å². The molecule has 0 spiro atoms. The van der Waals surface area contributed by atoms with E-state index in [0.717, 1.165) is 42.6 Å². The van der Waals surface area contributed by atoms with E-state index >= 15 is 0 Å². The molecule has 140 valence electrons. The van der Waals surface area contributed by atoms with Crippen LogP contribution in [0.5, 0.6) is 0 Å². The first kappa shape index (κ1) is 17.7. The first-order chi connectivity index (χ1) is 13.1. The Hall–Kier alpha value is -2.73. The quantitative estimate of drug-likeness (QED) is 0.873. The molecule has 1 aliphatic carbocycles. The van der Waals surface area contributed by atoms with Crippen LogP contribution >= 0.6 is 0 Å². The topological polar surface area (TPSA) is 88.3 Å². The number of amides is 2. The summed E-state index contributed by atoms with van der Waals surface area (Å²) in [4.78, 5) is 30.8. The zero-order valence-corrected chi connectivity index (χ0v) is 15.2. The predicted molar refractivity (Wildman–Crippen MR) is 105 cm³/mol. The molecule has 2 aliphatic rings. The average Bonchev–Trinajstić information content (AvgIpc) is 3.28. The van der Waals surface area contributed by atoms with Gasteiger partial charge in [-0.25, -0.2) is 0 Å². The van der Waals surface area contributed by atoms with Gasteiger partial charge in [0.2, 0.25) is 5.91 Å². The molecular formula is C21H24N4O2. The predicted octanol–water partition coefficient (Wildman–Crippen LogP) is 2.74. The lowest BCUT2D eigenvalue weighted by molar-refractivity contribution is -0.117. The summed E-state index contributed by atoms with van der Waals surface area (Å²) >= 11 is 0. The smallest absolute Gasteiger partial charge is 0.259 e. The lowest BCUT2D eigenvalue weighted by Gasteiger charge is -2.18. The molecule has 27 heavy (non-hydrogen) atoms. The van der Waals surface area contributed by atoms with Crippen molar-refractivity contribution in [3.8, 4) is 0 Å². The van der Waals surface area contributed by atoms with Crippen molar-refractivity contribution in [1.82, 2.24) is 4.98 Å². The van der Waals surface area contributed by atoms with E-state index in [-0.39, 0.29) is 23.8 Å². The van der Waals surface area contributed by atoms with Crippen LogP contribution in [0.15, 0.2) is 42.7 Å². The molecule has 2 atom stereocenters. The van der Waals surface area contributed by atoms with Gasteiger partial charge in [0.25, 0.3) is 5.91 Å². The Bertz CT molecular complexity index is 853. The lowest BCUT2D eigenvalue weighted by Crippen LogP contribution is -2.29. The zero-order chi connectivity index (χ0) is 18.8. The van der Waals surface area contributed by atoms with Crippen LogP contribution in [0.4, 0.5) is 11.4 Å². The normalized spacial score (nSPS) is 21.1. The Morgan fingerprint density at radius 1 is 1.26 bits per heavy atom. The van der Waals surface area contributed by atoms with Gasteiger partial charge >= 0.3 is 0 Å². The van der Waals surface area contributed by atoms with Gasteiger partial charge in [0.05, 0.1) is 5.56 Å². The van der Waals surface area contributed by atoms with Crippen LogP contribution < -0.4 is 16.0 Å². The average molecular weight is 364 g/mol. The summed E-state index contributed by atoms with van der Waals surface area (Å²) in [5.41, 5.74) is 9.40. The van der Waals surface area contributed by atoms with Crippen molar-refractivity contribution in [2.24, 2.45) is 11.7 Å². The molecule has 6 heteroatoms. The maximum absolute atomic E-state index is 12.7. The molecule has 2 aromatic rings. The van der Waals surface area contributed by atoms with Crippen LogP contribution in [0.3, 0.4) is 0 Å². The van der Waals surface area contributed by atoms with Gasteiger partial charge in [0.15, 0.2) is 0 Å². The summed E-state index contributed by atoms with van der Waals surface area (Å²) in [7, 11) is 0. The molecular weight excluding hydrogens is 340 g/mol. The number of carbonyl (C=O) groups is 2. The first-order valence-corrected chi connectivity index (χ1v) is 9.52. The van der Waals surface area contributed by atoms with Crippen LogP contribution in [0.1, 0.15) is 41.6 Å². The molecule has 0 unspecified atom stereocenters. The highest BCUT2D eigenvalue weighted by Gasteiger charge is 2.27. The number of pyridine rings is 1. The summed E-state index contributed by atoms with van der Waals surface area (Å²) in [5, 5.41) is 2.99. The molecule has 1 aromatic carbocycles. The third-order valence-electron chi connectivity index (χ3n) is 5.58. The maximum atomic E-state index is 12.7. The second kappa shape index (κ2) is 7.48. The van der Waals surface area contributed by atoms with Crippen molar-refractivity contribution in [3.05, 3.63) is 53.9 Å². The van der Waals surface area contributed by atoms with Gasteiger partial charge in [0, 0.05) is 42.8 Å². The number of hydrogen-bond donors (Lipinski definition) is 2. The number of nitrogens with two attached hydrogens (primary N) is 1. The minimum absolute atomic E-state index is 0.0126. The number of fused-ring (bicyclic) bond motifs is 1. The maximum Gasteiger partial charge on any atom is 0.259 e. The SMILES string of the molecule is N[C@@H]1CCC[C@H]1CC(=O)Nc1ccc2c(c1)CCN2C(=O)c1cccnc1. The van der Waals surface area contributed by atoms with Crippen LogP contribution in [0.25, 0.3) is 0 Å². The third kappa shape index (κ3) is 3.71. The van der Waals surface area contributed by atoms with Crippen molar-refractivity contribution in [2.45, 2.75) is 38.1 Å². The van der Waals surface area contributed by atoms with E-state index in [4.69, 9.17) is 5.73 Å². The molecule has 3 N–H and O–H groups in total. The Labute approximate surface area is 158 Å². The monoisotopic (exact) mass is 364 g/mol. The van der Waals surface area contributed by atoms with E-state index in [1.165, 1.54) is 0 Å². The number of nitrogens with zero attached hydrogens (tertiary/aromatic N) is 2. The van der Waals surface area contributed by atoms with Gasteiger partial charge in [-0.05, 0) is 61.1 Å². The molecule has 6 nitrogen and oxygen atoms in total. The molecule has 1 saturated carbocycles. The van der Waals surface area contributed by atoms with E-state index in [0.29, 0.717) is 18.5 Å². The van der Waals surface area contributed by atoms with Crippen molar-refractivity contribution >= 4 is 23.2 Å². The van der Waals surface area contributed by atoms with E-state index in [1.807, 2.05) is 18.2 Å². The van der Waals surface area contributed by atoms with Crippen LogP contribution in [0.2, 0.25) is 0 Å². The molecule has 2 heterocycles. The largest absolute Gasteiger partial charge is 0.327 e. The van der Waals surface area contributed by atoms with E-state index < -0.39 is 0 Å². The van der Waals surface area contributed by atoms with E-state index in [1.54, 1.807) is 29.4 Å². The Morgan fingerprint density at radius 3 is 2.89 bits per heavy atom. The Kier molecular flexibility index (Phi) is 4.90. The molecule has 4 rings (SSSR count). The molecule has 1 fully saturated rings. The molecule has 0 saturated heterocycles. The minimum atomic E-state index is -0.0474. The Balaban J connectivity index is 1.44. The van der Waals surface area contributed by atoms with Crippen LogP contribution in [-0.2, 0) is 11.2 Å². The highest BCUT2D eigenvalue weighted by Crippen LogP contribution is 2.32. The summed E-state index contributed by atoms with van der Waals surface area (Å²) in [6.45, 7) is 0.636. The van der Waals surface area contributed by atoms with Gasteiger partial charge in [-0.15, -0.1) is 0 Å². The zero-order valence-electron chi connectivity index (χ0n) is 15.2. The van der Waals surface area contributed by atoms with E-state index in [2.05, 4.69) is 10.3 Å². The number of nitrogens with one attached hydrogen (secondary N) is 1. The van der Waals surface area contributed by atoms with Gasteiger partial charge < -0.3 is 16.0 Å². The molecule has 1 aromatic heterocycles. The molecule has 2 amide bonds. The third-order valence-corrected chi connectivity index (χ3v) is 5.58. The lowest BCUT2D eigenvalue weighted by atomic mass is 10.00. The summed E-state index contributed by atoms with van der Waals surface area (Å²) < 4.78 is 0. The second-order valence-electron chi connectivity index (χ2n) is 7.40. The fourth-order valence-electron chi connectivity index (χ4n) is 4.10. The number of benzene rings is 1. The highest BCUT2D eigenvalue weighted by molar-refractivity contribution is 6.07. The molecule has 1 aliphatic heterocycles. The van der Waals surface area contributed by atoms with E-state index in [9.17, 15) is 9.59 Å². The van der Waals surface area contributed by atoms with Gasteiger partial charge in [-0.1, -0.05) is 6.42 Å².